The molecule has 0 radical (unpaired) electrons. The number of hydrogen-bond donors (Lipinski definition) is 2. The summed E-state index contributed by atoms with van der Waals surface area (Å²) >= 11 is 0. The van der Waals surface area contributed by atoms with Crippen LogP contribution in [0.2, 0.25) is 0 Å². The van der Waals surface area contributed by atoms with E-state index < -0.39 is 0 Å². The van der Waals surface area contributed by atoms with Gasteiger partial charge in [-0.15, -0.1) is 0 Å². The number of carbonyl (C=O) groups is 1. The van der Waals surface area contributed by atoms with Gasteiger partial charge in [-0.1, -0.05) is 12.1 Å². The lowest BCUT2D eigenvalue weighted by Gasteiger charge is -2.09. The van der Waals surface area contributed by atoms with Crippen LogP contribution >= 0.6 is 0 Å². The van der Waals surface area contributed by atoms with Crippen molar-refractivity contribution in [2.75, 3.05) is 12.4 Å². The Hall–Kier alpha value is -1.51. The molecule has 0 aliphatic rings. The van der Waals surface area contributed by atoms with Gasteiger partial charge >= 0.3 is 6.03 Å². The zero-order valence-corrected chi connectivity index (χ0v) is 8.14. The SMILES string of the molecule is CNC(=O)Nc1cccc(C)c1C. The molecule has 0 aliphatic heterocycles. The number of amides is 2. The van der Waals surface area contributed by atoms with Gasteiger partial charge < -0.3 is 10.6 Å². The first-order valence-electron chi connectivity index (χ1n) is 4.20. The lowest BCUT2D eigenvalue weighted by Crippen LogP contribution is -2.24. The summed E-state index contributed by atoms with van der Waals surface area (Å²) in [6.07, 6.45) is 0. The smallest absolute Gasteiger partial charge is 0.318 e. The molecule has 0 aliphatic carbocycles. The van der Waals surface area contributed by atoms with Crippen molar-refractivity contribution in [2.45, 2.75) is 13.8 Å². The lowest BCUT2D eigenvalue weighted by atomic mass is 10.1. The van der Waals surface area contributed by atoms with Gasteiger partial charge in [0.15, 0.2) is 0 Å². The molecule has 0 aromatic heterocycles. The molecule has 0 unspecified atom stereocenters. The van der Waals surface area contributed by atoms with E-state index in [1.165, 1.54) is 5.56 Å². The minimum atomic E-state index is -0.186. The highest BCUT2D eigenvalue weighted by molar-refractivity contribution is 5.89. The van der Waals surface area contributed by atoms with E-state index >= 15 is 0 Å². The largest absolute Gasteiger partial charge is 0.341 e. The maximum Gasteiger partial charge on any atom is 0.318 e. The first-order valence-corrected chi connectivity index (χ1v) is 4.20. The molecule has 0 fully saturated rings. The van der Waals surface area contributed by atoms with Crippen LogP contribution in [0, 0.1) is 13.8 Å². The van der Waals surface area contributed by atoms with Crippen LogP contribution in [0.15, 0.2) is 18.2 Å². The van der Waals surface area contributed by atoms with Crippen molar-refractivity contribution in [1.82, 2.24) is 5.32 Å². The van der Waals surface area contributed by atoms with Crippen LogP contribution in [0.3, 0.4) is 0 Å². The number of benzene rings is 1. The molecule has 0 saturated heterocycles. The summed E-state index contributed by atoms with van der Waals surface area (Å²) in [7, 11) is 1.60. The van der Waals surface area contributed by atoms with Gasteiger partial charge in [0, 0.05) is 12.7 Å². The first kappa shape index (κ1) is 9.58. The highest BCUT2D eigenvalue weighted by Gasteiger charge is 2.02. The topological polar surface area (TPSA) is 41.1 Å². The maximum absolute atomic E-state index is 11.0. The lowest BCUT2D eigenvalue weighted by molar-refractivity contribution is 0.254. The average Bonchev–Trinajstić information content (AvgIpc) is 2.13. The molecule has 0 saturated carbocycles. The third-order valence-corrected chi connectivity index (χ3v) is 2.08. The zero-order chi connectivity index (χ0) is 9.84. The fourth-order valence-corrected chi connectivity index (χ4v) is 1.07. The first-order chi connectivity index (χ1) is 6.15. The predicted octanol–water partition coefficient (Wildman–Crippen LogP) is 2.05. The minimum absolute atomic E-state index is 0.186. The number of nitrogens with one attached hydrogen (secondary N) is 2. The fraction of sp³-hybridized carbons (Fsp3) is 0.300. The Morgan fingerprint density at radius 1 is 1.31 bits per heavy atom. The molecule has 2 N–H and O–H groups in total. The van der Waals surface area contributed by atoms with Crippen LogP contribution in [0.25, 0.3) is 0 Å². The van der Waals surface area contributed by atoms with Gasteiger partial charge in [0.25, 0.3) is 0 Å². The second kappa shape index (κ2) is 3.94. The van der Waals surface area contributed by atoms with Gasteiger partial charge in [-0.3, -0.25) is 0 Å². The van der Waals surface area contributed by atoms with Crippen molar-refractivity contribution >= 4 is 11.7 Å². The molecule has 3 heteroatoms. The Balaban J connectivity index is 2.89. The number of hydrogen-bond acceptors (Lipinski definition) is 1. The molecule has 0 atom stereocenters. The van der Waals surface area contributed by atoms with E-state index in [9.17, 15) is 4.79 Å². The number of urea groups is 1. The van der Waals surface area contributed by atoms with Gasteiger partial charge in [-0.2, -0.15) is 0 Å². The maximum atomic E-state index is 11.0. The summed E-state index contributed by atoms with van der Waals surface area (Å²) < 4.78 is 0. The van der Waals surface area contributed by atoms with E-state index in [2.05, 4.69) is 10.6 Å². The van der Waals surface area contributed by atoms with Crippen LogP contribution < -0.4 is 10.6 Å². The molecule has 1 aromatic rings. The van der Waals surface area contributed by atoms with Gasteiger partial charge in [0.2, 0.25) is 0 Å². The Morgan fingerprint density at radius 3 is 2.62 bits per heavy atom. The van der Waals surface area contributed by atoms with Gasteiger partial charge in [0.05, 0.1) is 0 Å². The van der Waals surface area contributed by atoms with Gasteiger partial charge in [-0.25, -0.2) is 4.79 Å². The molecule has 1 rings (SSSR count). The van der Waals surface area contributed by atoms with Crippen molar-refractivity contribution in [2.24, 2.45) is 0 Å². The Kier molecular flexibility index (Phi) is 2.90. The second-order valence-corrected chi connectivity index (χ2v) is 2.95. The molecule has 0 bridgehead atoms. The molecule has 0 spiro atoms. The standard InChI is InChI=1S/C10H14N2O/c1-7-5-4-6-9(8(7)2)12-10(13)11-3/h4-6H,1-3H3,(H2,11,12,13). The van der Waals surface area contributed by atoms with E-state index in [0.717, 1.165) is 11.3 Å². The van der Waals surface area contributed by atoms with Crippen molar-refractivity contribution < 1.29 is 4.79 Å². The highest BCUT2D eigenvalue weighted by Crippen LogP contribution is 2.17. The normalized spacial score (nSPS) is 9.46. The second-order valence-electron chi connectivity index (χ2n) is 2.95. The summed E-state index contributed by atoms with van der Waals surface area (Å²) in [5, 5.41) is 5.26. The van der Waals surface area contributed by atoms with E-state index in [-0.39, 0.29) is 6.03 Å². The highest BCUT2D eigenvalue weighted by atomic mass is 16.2. The number of aryl methyl sites for hydroxylation is 1. The Bertz CT molecular complexity index is 321. The third kappa shape index (κ3) is 2.21. The molecule has 13 heavy (non-hydrogen) atoms. The van der Waals surface area contributed by atoms with E-state index in [1.54, 1.807) is 7.05 Å². The quantitative estimate of drug-likeness (QED) is 0.679. The fourth-order valence-electron chi connectivity index (χ4n) is 1.07. The third-order valence-electron chi connectivity index (χ3n) is 2.08. The predicted molar refractivity (Wildman–Crippen MR) is 54.0 cm³/mol. The molecule has 3 nitrogen and oxygen atoms in total. The van der Waals surface area contributed by atoms with Crippen LogP contribution in [0.5, 0.6) is 0 Å². The number of rotatable bonds is 1. The molecular weight excluding hydrogens is 164 g/mol. The van der Waals surface area contributed by atoms with Crippen molar-refractivity contribution in [3.05, 3.63) is 29.3 Å². The number of carbonyl (C=O) groups excluding carboxylic acids is 1. The van der Waals surface area contributed by atoms with Crippen molar-refractivity contribution in [1.29, 1.82) is 0 Å². The Labute approximate surface area is 78.2 Å². The molecule has 70 valence electrons. The molecular formula is C10H14N2O. The monoisotopic (exact) mass is 178 g/mol. The molecule has 2 amide bonds. The van der Waals surface area contributed by atoms with Gasteiger partial charge in [-0.05, 0) is 31.0 Å². The van der Waals surface area contributed by atoms with Crippen LogP contribution in [-0.4, -0.2) is 13.1 Å². The van der Waals surface area contributed by atoms with Crippen LogP contribution in [-0.2, 0) is 0 Å². The summed E-state index contributed by atoms with van der Waals surface area (Å²) in [5.41, 5.74) is 3.14. The van der Waals surface area contributed by atoms with Crippen LogP contribution in [0.1, 0.15) is 11.1 Å². The molecule has 1 aromatic carbocycles. The summed E-state index contributed by atoms with van der Waals surface area (Å²) in [6.45, 7) is 4.00. The summed E-state index contributed by atoms with van der Waals surface area (Å²) in [6, 6.07) is 5.64. The van der Waals surface area contributed by atoms with E-state index in [4.69, 9.17) is 0 Å². The van der Waals surface area contributed by atoms with Crippen molar-refractivity contribution in [3.8, 4) is 0 Å². The average molecular weight is 178 g/mol. The summed E-state index contributed by atoms with van der Waals surface area (Å²) in [5.74, 6) is 0. The van der Waals surface area contributed by atoms with Gasteiger partial charge in [0.1, 0.15) is 0 Å². The summed E-state index contributed by atoms with van der Waals surface area (Å²) in [4.78, 5) is 11.0. The zero-order valence-electron chi connectivity index (χ0n) is 8.14. The Morgan fingerprint density at radius 2 is 2.00 bits per heavy atom. The van der Waals surface area contributed by atoms with Crippen LogP contribution in [0.4, 0.5) is 10.5 Å². The molecule has 0 heterocycles. The minimum Gasteiger partial charge on any atom is -0.341 e. The van der Waals surface area contributed by atoms with E-state index in [1.807, 2.05) is 32.0 Å². The van der Waals surface area contributed by atoms with E-state index in [0.29, 0.717) is 0 Å². The van der Waals surface area contributed by atoms with Crippen molar-refractivity contribution in [3.63, 3.8) is 0 Å². The number of anilines is 1.